The van der Waals surface area contributed by atoms with E-state index in [-0.39, 0.29) is 22.5 Å². The molecule has 64 heavy (non-hydrogen) atoms. The predicted octanol–water partition coefficient (Wildman–Crippen LogP) is 17.6. The number of benzene rings is 9. The van der Waals surface area contributed by atoms with Gasteiger partial charge in [0.25, 0.3) is 0 Å². The first kappa shape index (κ1) is 39.4. The lowest BCUT2D eigenvalue weighted by Crippen LogP contribution is -2.13. The summed E-state index contributed by atoms with van der Waals surface area (Å²) in [6, 6.07) is 56.0. The lowest BCUT2D eigenvalue weighted by Gasteiger charge is -2.27. The predicted molar refractivity (Wildman–Crippen MR) is 263 cm³/mol. The molecule has 0 aliphatic carbocycles. The van der Waals surface area contributed by atoms with Gasteiger partial charge >= 0.3 is 0 Å². The van der Waals surface area contributed by atoms with E-state index in [1.165, 1.54) is 35.4 Å². The Labute approximate surface area is 370 Å². The Morgan fingerprint density at radius 1 is 0.328 bits per heavy atom. The highest BCUT2D eigenvalue weighted by atomic mass is 19.1. The van der Waals surface area contributed by atoms with Gasteiger partial charge < -0.3 is 18.6 Å². The first-order valence-electron chi connectivity index (χ1n) is 21.8. The number of rotatable bonds is 6. The van der Waals surface area contributed by atoms with Crippen molar-refractivity contribution in [3.05, 3.63) is 193 Å². The largest absolute Gasteiger partial charge is 0.456 e. The quantitative estimate of drug-likeness (QED) is 0.167. The van der Waals surface area contributed by atoms with Gasteiger partial charge in [-0.15, -0.1) is 0 Å². The summed E-state index contributed by atoms with van der Waals surface area (Å²) in [5.74, 6) is -0.550. The highest BCUT2D eigenvalue weighted by Crippen LogP contribution is 2.45. The van der Waals surface area contributed by atoms with Crippen molar-refractivity contribution in [2.24, 2.45) is 0 Å². The summed E-state index contributed by atoms with van der Waals surface area (Å²) in [6.45, 7) is 13.2. The fourth-order valence-corrected chi connectivity index (χ4v) is 9.17. The number of anilines is 6. The third-order valence-electron chi connectivity index (χ3n) is 12.6. The van der Waals surface area contributed by atoms with Gasteiger partial charge in [-0.3, -0.25) is 0 Å². The van der Waals surface area contributed by atoms with Crippen LogP contribution in [0.3, 0.4) is 0 Å². The summed E-state index contributed by atoms with van der Waals surface area (Å²) in [5, 5.41) is 8.25. The monoisotopic (exact) mass is 840 g/mol. The number of halogens is 2. The van der Waals surface area contributed by atoms with Crippen LogP contribution in [0.5, 0.6) is 0 Å². The van der Waals surface area contributed by atoms with Gasteiger partial charge in [0.05, 0.1) is 0 Å². The van der Waals surface area contributed by atoms with E-state index >= 15 is 0 Å². The van der Waals surface area contributed by atoms with Crippen molar-refractivity contribution in [2.45, 2.75) is 52.4 Å². The molecule has 0 saturated carbocycles. The van der Waals surface area contributed by atoms with Crippen LogP contribution < -0.4 is 9.80 Å². The first-order valence-corrected chi connectivity index (χ1v) is 21.8. The van der Waals surface area contributed by atoms with Crippen LogP contribution in [0.15, 0.2) is 179 Å². The zero-order valence-corrected chi connectivity index (χ0v) is 36.6. The molecule has 0 unspecified atom stereocenters. The summed E-state index contributed by atoms with van der Waals surface area (Å²) in [7, 11) is 0. The summed E-state index contributed by atoms with van der Waals surface area (Å²) in [4.78, 5) is 4.32. The maximum Gasteiger partial charge on any atom is 0.136 e. The average molecular weight is 841 g/mol. The highest BCUT2D eigenvalue weighted by molar-refractivity contribution is 6.27. The maximum atomic E-state index is 14.2. The number of furan rings is 2. The molecular formula is C58H46F2N2O2. The minimum absolute atomic E-state index is 0.0160. The van der Waals surface area contributed by atoms with E-state index in [0.29, 0.717) is 0 Å². The molecule has 0 aliphatic rings. The van der Waals surface area contributed by atoms with Crippen LogP contribution in [0.25, 0.3) is 65.4 Å². The molecule has 6 heteroatoms. The van der Waals surface area contributed by atoms with Crippen LogP contribution in [0, 0.1) is 11.6 Å². The summed E-state index contributed by atoms with van der Waals surface area (Å²) < 4.78 is 41.6. The first-order chi connectivity index (χ1) is 30.7. The smallest absolute Gasteiger partial charge is 0.136 e. The molecule has 0 N–H and O–H groups in total. The van der Waals surface area contributed by atoms with Crippen LogP contribution in [-0.2, 0) is 10.8 Å². The molecule has 0 fully saturated rings. The normalized spacial score (nSPS) is 12.4. The molecule has 0 amide bonds. The van der Waals surface area contributed by atoms with Crippen molar-refractivity contribution in [3.8, 4) is 0 Å². The zero-order chi connectivity index (χ0) is 44.1. The van der Waals surface area contributed by atoms with Gasteiger partial charge in [-0.25, -0.2) is 8.78 Å². The van der Waals surface area contributed by atoms with Crippen molar-refractivity contribution < 1.29 is 17.6 Å². The molecule has 314 valence electrons. The summed E-state index contributed by atoms with van der Waals surface area (Å²) >= 11 is 0. The lowest BCUT2D eigenvalue weighted by atomic mass is 9.87. The van der Waals surface area contributed by atoms with E-state index in [0.717, 1.165) is 99.5 Å². The van der Waals surface area contributed by atoms with Crippen molar-refractivity contribution in [1.82, 2.24) is 0 Å². The molecule has 0 aliphatic heterocycles. The Balaban J connectivity index is 1.01. The zero-order valence-electron chi connectivity index (χ0n) is 36.6. The highest BCUT2D eigenvalue weighted by Gasteiger charge is 2.22. The van der Waals surface area contributed by atoms with Gasteiger partial charge in [0.2, 0.25) is 0 Å². The number of nitrogens with zero attached hydrogens (tertiary/aromatic N) is 2. The van der Waals surface area contributed by atoms with E-state index in [4.69, 9.17) is 8.83 Å². The Morgan fingerprint density at radius 3 is 1.00 bits per heavy atom. The fourth-order valence-electron chi connectivity index (χ4n) is 9.17. The molecule has 11 rings (SSSR count). The summed E-state index contributed by atoms with van der Waals surface area (Å²) in [6.07, 6.45) is 0. The Bertz CT molecular complexity index is 3330. The van der Waals surface area contributed by atoms with Crippen LogP contribution in [0.4, 0.5) is 42.9 Å². The molecule has 2 aromatic heterocycles. The van der Waals surface area contributed by atoms with Crippen molar-refractivity contribution >= 4 is 99.5 Å². The molecule has 0 saturated heterocycles. The van der Waals surface area contributed by atoms with Gasteiger partial charge in [-0.1, -0.05) is 77.9 Å². The maximum absolute atomic E-state index is 14.2. The lowest BCUT2D eigenvalue weighted by molar-refractivity contribution is 0.590. The van der Waals surface area contributed by atoms with E-state index < -0.39 is 0 Å². The van der Waals surface area contributed by atoms with Crippen molar-refractivity contribution in [3.63, 3.8) is 0 Å². The van der Waals surface area contributed by atoms with E-state index in [1.54, 1.807) is 0 Å². The molecule has 2 heterocycles. The minimum atomic E-state index is -0.275. The van der Waals surface area contributed by atoms with Crippen LogP contribution >= 0.6 is 0 Å². The van der Waals surface area contributed by atoms with Gasteiger partial charge in [0.1, 0.15) is 34.0 Å². The minimum Gasteiger partial charge on any atom is -0.456 e. The van der Waals surface area contributed by atoms with Crippen LogP contribution in [0.1, 0.15) is 52.7 Å². The number of hydrogen-bond donors (Lipinski definition) is 0. The topological polar surface area (TPSA) is 32.8 Å². The SMILES string of the molecule is CC(C)(C)c1ccc(N(c2ccc(F)cc2)c2ccc3cc4c(cc3c2)oc2ccc3oc5cc6cc(N(c7ccc(F)cc7)c7ccc(C(C)(C)C)cc7)ccc6cc5c3c24)cc1. The molecule has 0 bridgehead atoms. The third-order valence-corrected chi connectivity index (χ3v) is 12.6. The Kier molecular flexibility index (Phi) is 8.97. The van der Waals surface area contributed by atoms with Gasteiger partial charge in [-0.05, 0) is 177 Å². The van der Waals surface area contributed by atoms with Crippen LogP contribution in [0.2, 0.25) is 0 Å². The molecule has 4 nitrogen and oxygen atoms in total. The summed E-state index contributed by atoms with van der Waals surface area (Å²) in [5.41, 5.74) is 11.3. The van der Waals surface area contributed by atoms with E-state index in [9.17, 15) is 8.78 Å². The van der Waals surface area contributed by atoms with Gasteiger partial charge in [0, 0.05) is 55.7 Å². The molecule has 0 atom stereocenters. The Morgan fingerprint density at radius 2 is 0.656 bits per heavy atom. The standard InChI is InChI=1S/C58H46F2N2O2/c1-57(2,3)39-9-19-43(20-10-39)61(45-23-13-41(59)14-24-45)47-17-7-35-31-49-53(33-37(35)29-47)63-51-27-28-52-56(55(49)51)50-32-36-8-18-48(30-38(36)34-54(50)64-52)62(46-25-15-42(60)16-26-46)44-21-11-40(12-22-44)58(4,5)6/h7-34H,1-6H3. The Hall–Kier alpha value is -7.44. The molecule has 0 radical (unpaired) electrons. The van der Waals surface area contributed by atoms with Crippen molar-refractivity contribution in [2.75, 3.05) is 9.80 Å². The van der Waals surface area contributed by atoms with Gasteiger partial charge in [0.15, 0.2) is 0 Å². The number of hydrogen-bond acceptors (Lipinski definition) is 4. The van der Waals surface area contributed by atoms with E-state index in [2.05, 4.69) is 161 Å². The fraction of sp³-hybridized carbons (Fsp3) is 0.138. The van der Waals surface area contributed by atoms with Crippen molar-refractivity contribution in [1.29, 1.82) is 0 Å². The third kappa shape index (κ3) is 6.81. The van der Waals surface area contributed by atoms with E-state index in [1.807, 2.05) is 36.4 Å². The molecular weight excluding hydrogens is 795 g/mol. The molecule has 9 aromatic carbocycles. The second-order valence-electron chi connectivity index (χ2n) is 19.0. The molecule has 11 aromatic rings. The molecule has 0 spiro atoms. The van der Waals surface area contributed by atoms with Gasteiger partial charge in [-0.2, -0.15) is 0 Å². The second kappa shape index (κ2) is 14.6. The average Bonchev–Trinajstić information content (AvgIpc) is 3.82. The number of fused-ring (bicyclic) bond motifs is 9. The van der Waals surface area contributed by atoms with Crippen LogP contribution in [-0.4, -0.2) is 0 Å². The second-order valence-corrected chi connectivity index (χ2v) is 19.0.